The van der Waals surface area contributed by atoms with Crippen LogP contribution in [0, 0.1) is 0 Å². The molecule has 0 unspecified atom stereocenters. The van der Waals surface area contributed by atoms with Crippen molar-refractivity contribution in [1.29, 1.82) is 0 Å². The van der Waals surface area contributed by atoms with E-state index >= 15 is 0 Å². The Morgan fingerprint density at radius 2 is 1.95 bits per heavy atom. The molecule has 2 rings (SSSR count). The normalized spacial score (nSPS) is 11.3. The third kappa shape index (κ3) is 3.33. The van der Waals surface area contributed by atoms with Gasteiger partial charge >= 0.3 is 6.18 Å². The fraction of sp³-hybridized carbons (Fsp3) is 0.143. The van der Waals surface area contributed by atoms with Crippen molar-refractivity contribution in [2.75, 3.05) is 7.11 Å². The van der Waals surface area contributed by atoms with Crippen LogP contribution in [0.2, 0.25) is 5.02 Å². The smallest absolute Gasteiger partial charge is 0.417 e. The average molecular weight is 316 g/mol. The van der Waals surface area contributed by atoms with Crippen molar-refractivity contribution in [2.24, 2.45) is 0 Å². The summed E-state index contributed by atoms with van der Waals surface area (Å²) < 4.78 is 42.3. The molecule has 0 radical (unpaired) electrons. The van der Waals surface area contributed by atoms with E-state index in [1.54, 1.807) is 0 Å². The molecule has 2 aromatic rings. The summed E-state index contributed by atoms with van der Waals surface area (Å²) in [4.78, 5) is 15.7. The average Bonchev–Trinajstić information content (AvgIpc) is 2.46. The van der Waals surface area contributed by atoms with E-state index in [0.29, 0.717) is 17.0 Å². The fourth-order valence-electron chi connectivity index (χ4n) is 1.64. The quantitative estimate of drug-likeness (QED) is 0.804. The Labute approximate surface area is 123 Å². The lowest BCUT2D eigenvalue weighted by atomic mass is 10.1. The molecular formula is C14H9ClF3NO2. The second kappa shape index (κ2) is 5.73. The number of hydrogen-bond donors (Lipinski definition) is 0. The van der Waals surface area contributed by atoms with Gasteiger partial charge in [-0.25, -0.2) is 0 Å². The summed E-state index contributed by atoms with van der Waals surface area (Å²) in [5, 5.41) is 0.328. The molecule has 0 spiro atoms. The van der Waals surface area contributed by atoms with Gasteiger partial charge in [0.25, 0.3) is 0 Å². The Bertz CT molecular complexity index is 669. The molecule has 0 bridgehead atoms. The molecule has 110 valence electrons. The molecule has 7 heteroatoms. The molecule has 0 aliphatic rings. The van der Waals surface area contributed by atoms with Crippen LogP contribution >= 0.6 is 11.6 Å². The van der Waals surface area contributed by atoms with E-state index in [1.165, 1.54) is 25.3 Å². The van der Waals surface area contributed by atoms with E-state index in [0.717, 1.165) is 12.1 Å². The van der Waals surface area contributed by atoms with Gasteiger partial charge in [0.05, 0.1) is 17.7 Å². The lowest BCUT2D eigenvalue weighted by Crippen LogP contribution is -2.09. The number of methoxy groups -OCH3 is 1. The molecule has 0 saturated heterocycles. The van der Waals surface area contributed by atoms with E-state index in [9.17, 15) is 18.0 Å². The maximum absolute atomic E-state index is 12.4. The third-order valence-electron chi connectivity index (χ3n) is 2.74. The van der Waals surface area contributed by atoms with Crippen molar-refractivity contribution in [3.63, 3.8) is 0 Å². The summed E-state index contributed by atoms with van der Waals surface area (Å²) in [6.45, 7) is 0. The minimum Gasteiger partial charge on any atom is -0.495 e. The number of alkyl halides is 3. The molecule has 21 heavy (non-hydrogen) atoms. The van der Waals surface area contributed by atoms with Gasteiger partial charge in [-0.2, -0.15) is 13.2 Å². The number of ketones is 1. The van der Waals surface area contributed by atoms with E-state index in [1.807, 2.05) is 0 Å². The molecule has 0 amide bonds. The number of ether oxygens (including phenoxy) is 1. The lowest BCUT2D eigenvalue weighted by Gasteiger charge is -2.08. The summed E-state index contributed by atoms with van der Waals surface area (Å²) >= 11 is 5.84. The summed E-state index contributed by atoms with van der Waals surface area (Å²) in [6, 6.07) is 6.17. The zero-order valence-electron chi connectivity index (χ0n) is 10.7. The van der Waals surface area contributed by atoms with Crippen LogP contribution < -0.4 is 4.74 Å². The molecule has 0 fully saturated rings. The number of rotatable bonds is 3. The standard InChI is InChI=1S/C14H9ClF3NO2/c1-21-12-6-8(2-4-10(12)15)13(20)11-5-3-9(7-19-11)14(16,17)18/h2-7H,1H3. The van der Waals surface area contributed by atoms with Gasteiger partial charge in [0.1, 0.15) is 11.4 Å². The van der Waals surface area contributed by atoms with Gasteiger partial charge in [0.2, 0.25) is 5.78 Å². The summed E-state index contributed by atoms with van der Waals surface area (Å²) in [7, 11) is 1.39. The van der Waals surface area contributed by atoms with Crippen LogP contribution in [0.1, 0.15) is 21.6 Å². The van der Waals surface area contributed by atoms with Crippen molar-refractivity contribution in [3.8, 4) is 5.75 Å². The second-order valence-corrected chi connectivity index (χ2v) is 4.52. The highest BCUT2D eigenvalue weighted by molar-refractivity contribution is 6.32. The molecular weight excluding hydrogens is 307 g/mol. The van der Waals surface area contributed by atoms with Crippen LogP contribution in [0.25, 0.3) is 0 Å². The van der Waals surface area contributed by atoms with Crippen LogP contribution in [0.5, 0.6) is 5.75 Å². The second-order valence-electron chi connectivity index (χ2n) is 4.11. The summed E-state index contributed by atoms with van der Waals surface area (Å²) in [5.41, 5.74) is -0.774. The van der Waals surface area contributed by atoms with Crippen molar-refractivity contribution in [2.45, 2.75) is 6.18 Å². The highest BCUT2D eigenvalue weighted by Gasteiger charge is 2.31. The first kappa shape index (κ1) is 15.3. The molecule has 0 aliphatic carbocycles. The van der Waals surface area contributed by atoms with Gasteiger partial charge in [-0.05, 0) is 30.3 Å². The number of halogens is 4. The predicted molar refractivity (Wildman–Crippen MR) is 70.7 cm³/mol. The van der Waals surface area contributed by atoms with Crippen LogP contribution in [0.4, 0.5) is 13.2 Å². The van der Waals surface area contributed by atoms with Crippen LogP contribution in [-0.2, 0) is 6.18 Å². The van der Waals surface area contributed by atoms with E-state index in [4.69, 9.17) is 16.3 Å². The van der Waals surface area contributed by atoms with Gasteiger partial charge in [0.15, 0.2) is 0 Å². The number of nitrogens with zero attached hydrogens (tertiary/aromatic N) is 1. The Kier molecular flexibility index (Phi) is 4.18. The molecule has 0 atom stereocenters. The van der Waals surface area contributed by atoms with Gasteiger partial charge in [-0.1, -0.05) is 11.6 Å². The van der Waals surface area contributed by atoms with Crippen LogP contribution in [0.15, 0.2) is 36.5 Å². The Morgan fingerprint density at radius 1 is 1.24 bits per heavy atom. The number of hydrogen-bond acceptors (Lipinski definition) is 3. The molecule has 1 aromatic heterocycles. The Balaban J connectivity index is 2.32. The van der Waals surface area contributed by atoms with Crippen molar-refractivity contribution in [1.82, 2.24) is 4.98 Å². The lowest BCUT2D eigenvalue weighted by molar-refractivity contribution is -0.137. The number of pyridine rings is 1. The van der Waals surface area contributed by atoms with Crippen LogP contribution in [0.3, 0.4) is 0 Å². The van der Waals surface area contributed by atoms with E-state index < -0.39 is 17.5 Å². The maximum atomic E-state index is 12.4. The monoisotopic (exact) mass is 315 g/mol. The molecule has 0 aliphatic heterocycles. The fourth-order valence-corrected chi connectivity index (χ4v) is 1.84. The SMILES string of the molecule is COc1cc(C(=O)c2ccc(C(F)(F)F)cn2)ccc1Cl. The van der Waals surface area contributed by atoms with Gasteiger partial charge in [0, 0.05) is 11.8 Å². The van der Waals surface area contributed by atoms with Crippen molar-refractivity contribution < 1.29 is 22.7 Å². The predicted octanol–water partition coefficient (Wildman–Crippen LogP) is 3.99. The summed E-state index contributed by atoms with van der Waals surface area (Å²) in [6.07, 6.45) is -3.86. The first-order valence-corrected chi connectivity index (χ1v) is 6.12. The van der Waals surface area contributed by atoms with E-state index in [-0.39, 0.29) is 11.3 Å². The van der Waals surface area contributed by atoms with Gasteiger partial charge in [-0.3, -0.25) is 9.78 Å². The highest BCUT2D eigenvalue weighted by Crippen LogP contribution is 2.29. The number of aromatic nitrogens is 1. The number of carbonyl (C=O) groups excluding carboxylic acids is 1. The molecule has 0 N–H and O–H groups in total. The molecule has 3 nitrogen and oxygen atoms in total. The Morgan fingerprint density at radius 3 is 2.48 bits per heavy atom. The highest BCUT2D eigenvalue weighted by atomic mass is 35.5. The largest absolute Gasteiger partial charge is 0.495 e. The van der Waals surface area contributed by atoms with Crippen molar-refractivity contribution in [3.05, 3.63) is 58.4 Å². The van der Waals surface area contributed by atoms with Crippen molar-refractivity contribution >= 4 is 17.4 Å². The first-order valence-electron chi connectivity index (χ1n) is 5.74. The molecule has 1 heterocycles. The first-order chi connectivity index (χ1) is 9.82. The maximum Gasteiger partial charge on any atom is 0.417 e. The minimum atomic E-state index is -4.49. The van der Waals surface area contributed by atoms with Gasteiger partial charge in [-0.15, -0.1) is 0 Å². The minimum absolute atomic E-state index is 0.0904. The van der Waals surface area contributed by atoms with Gasteiger partial charge < -0.3 is 4.74 Å². The molecule has 0 saturated carbocycles. The number of carbonyl (C=O) groups is 1. The zero-order valence-corrected chi connectivity index (χ0v) is 11.5. The summed E-state index contributed by atoms with van der Waals surface area (Å²) in [5.74, 6) is -0.215. The Hall–Kier alpha value is -2.08. The van der Waals surface area contributed by atoms with E-state index in [2.05, 4.69) is 4.98 Å². The molecule has 1 aromatic carbocycles. The third-order valence-corrected chi connectivity index (χ3v) is 3.05. The zero-order chi connectivity index (χ0) is 15.6. The van der Waals surface area contributed by atoms with Crippen LogP contribution in [-0.4, -0.2) is 17.9 Å². The number of benzene rings is 1. The topological polar surface area (TPSA) is 39.2 Å².